The van der Waals surface area contributed by atoms with Gasteiger partial charge in [-0.1, -0.05) is 19.8 Å². The summed E-state index contributed by atoms with van der Waals surface area (Å²) in [5, 5.41) is 3.03. The van der Waals surface area contributed by atoms with Crippen LogP contribution < -0.4 is 5.32 Å². The SMILES string of the molecule is CCCCCNC(=O)N1CCCN(CCCOC)CC1. The van der Waals surface area contributed by atoms with E-state index in [9.17, 15) is 4.79 Å². The summed E-state index contributed by atoms with van der Waals surface area (Å²) in [7, 11) is 1.74. The quantitative estimate of drug-likeness (QED) is 0.693. The van der Waals surface area contributed by atoms with Crippen LogP contribution in [0.25, 0.3) is 0 Å². The molecule has 0 spiro atoms. The average Bonchev–Trinajstić information content (AvgIpc) is 2.69. The second-order valence-electron chi connectivity index (χ2n) is 5.47. The van der Waals surface area contributed by atoms with Crippen molar-refractivity contribution in [1.29, 1.82) is 0 Å². The van der Waals surface area contributed by atoms with Gasteiger partial charge >= 0.3 is 6.03 Å². The second-order valence-corrected chi connectivity index (χ2v) is 5.47. The van der Waals surface area contributed by atoms with E-state index in [0.717, 1.165) is 65.1 Å². The van der Waals surface area contributed by atoms with E-state index in [0.29, 0.717) is 0 Å². The van der Waals surface area contributed by atoms with Crippen LogP contribution >= 0.6 is 0 Å². The lowest BCUT2D eigenvalue weighted by Gasteiger charge is -2.22. The standard InChI is InChI=1S/C15H31N3O2/c1-3-4-5-8-16-15(19)18-11-6-9-17(12-13-18)10-7-14-20-2/h3-14H2,1-2H3,(H,16,19). The fraction of sp³-hybridized carbons (Fsp3) is 0.933. The lowest BCUT2D eigenvalue weighted by Crippen LogP contribution is -2.42. The zero-order valence-electron chi connectivity index (χ0n) is 13.2. The number of nitrogens with zero attached hydrogens (tertiary/aromatic N) is 2. The Morgan fingerprint density at radius 2 is 2.00 bits per heavy atom. The Balaban J connectivity index is 2.19. The number of rotatable bonds is 8. The second kappa shape index (κ2) is 10.9. The first-order valence-corrected chi connectivity index (χ1v) is 8.02. The highest BCUT2D eigenvalue weighted by atomic mass is 16.5. The van der Waals surface area contributed by atoms with Crippen molar-refractivity contribution in [3.05, 3.63) is 0 Å². The summed E-state index contributed by atoms with van der Waals surface area (Å²) in [5.74, 6) is 0. The van der Waals surface area contributed by atoms with Crippen LogP contribution in [0.1, 0.15) is 39.0 Å². The highest BCUT2D eigenvalue weighted by Crippen LogP contribution is 2.04. The van der Waals surface area contributed by atoms with Crippen LogP contribution in [-0.2, 0) is 4.74 Å². The number of urea groups is 1. The molecule has 0 atom stereocenters. The molecule has 1 heterocycles. The minimum absolute atomic E-state index is 0.111. The largest absolute Gasteiger partial charge is 0.385 e. The Morgan fingerprint density at radius 3 is 2.75 bits per heavy atom. The van der Waals surface area contributed by atoms with E-state index in [1.165, 1.54) is 12.8 Å². The summed E-state index contributed by atoms with van der Waals surface area (Å²) < 4.78 is 5.09. The van der Waals surface area contributed by atoms with Gasteiger partial charge in [0, 0.05) is 46.4 Å². The summed E-state index contributed by atoms with van der Waals surface area (Å²) in [6.07, 6.45) is 5.60. The number of hydrogen-bond acceptors (Lipinski definition) is 3. The molecule has 1 fully saturated rings. The lowest BCUT2D eigenvalue weighted by molar-refractivity contribution is 0.171. The van der Waals surface area contributed by atoms with E-state index < -0.39 is 0 Å². The fourth-order valence-corrected chi connectivity index (χ4v) is 2.51. The molecule has 118 valence electrons. The molecule has 5 nitrogen and oxygen atoms in total. The number of nitrogens with one attached hydrogen (secondary N) is 1. The molecule has 1 saturated heterocycles. The first kappa shape index (κ1) is 17.2. The number of carbonyl (C=O) groups excluding carboxylic acids is 1. The van der Waals surface area contributed by atoms with Gasteiger partial charge in [0.15, 0.2) is 0 Å². The smallest absolute Gasteiger partial charge is 0.317 e. The van der Waals surface area contributed by atoms with Gasteiger partial charge in [0.2, 0.25) is 0 Å². The Morgan fingerprint density at radius 1 is 1.15 bits per heavy atom. The minimum atomic E-state index is 0.111. The van der Waals surface area contributed by atoms with Crippen molar-refractivity contribution in [3.63, 3.8) is 0 Å². The number of ether oxygens (including phenoxy) is 1. The van der Waals surface area contributed by atoms with Crippen LogP contribution in [0.3, 0.4) is 0 Å². The number of amides is 2. The summed E-state index contributed by atoms with van der Waals surface area (Å²) in [5.41, 5.74) is 0. The maximum absolute atomic E-state index is 12.1. The average molecular weight is 285 g/mol. The maximum atomic E-state index is 12.1. The zero-order valence-corrected chi connectivity index (χ0v) is 13.2. The van der Waals surface area contributed by atoms with E-state index in [-0.39, 0.29) is 6.03 Å². The summed E-state index contributed by atoms with van der Waals surface area (Å²) in [4.78, 5) is 16.5. The van der Waals surface area contributed by atoms with Gasteiger partial charge < -0.3 is 19.9 Å². The van der Waals surface area contributed by atoms with Gasteiger partial charge in [-0.15, -0.1) is 0 Å². The molecular weight excluding hydrogens is 254 g/mol. The highest BCUT2D eigenvalue weighted by Gasteiger charge is 2.18. The van der Waals surface area contributed by atoms with Crippen LogP contribution in [0.5, 0.6) is 0 Å². The van der Waals surface area contributed by atoms with Crippen LogP contribution in [-0.4, -0.2) is 68.8 Å². The fourth-order valence-electron chi connectivity index (χ4n) is 2.51. The topological polar surface area (TPSA) is 44.8 Å². The normalized spacial score (nSPS) is 17.0. The van der Waals surface area contributed by atoms with Gasteiger partial charge in [0.1, 0.15) is 0 Å². The van der Waals surface area contributed by atoms with Crippen LogP contribution in [0.2, 0.25) is 0 Å². The van der Waals surface area contributed by atoms with Crippen molar-refractivity contribution in [2.75, 3.05) is 53.0 Å². The van der Waals surface area contributed by atoms with Crippen molar-refractivity contribution in [2.24, 2.45) is 0 Å². The first-order valence-electron chi connectivity index (χ1n) is 8.02. The van der Waals surface area contributed by atoms with Crippen molar-refractivity contribution >= 4 is 6.03 Å². The molecule has 0 bridgehead atoms. The third kappa shape index (κ3) is 7.10. The third-order valence-corrected chi connectivity index (χ3v) is 3.76. The van der Waals surface area contributed by atoms with Gasteiger partial charge in [0.05, 0.1) is 0 Å². The monoisotopic (exact) mass is 285 g/mol. The molecule has 0 aromatic rings. The Labute approximate surface area is 123 Å². The molecule has 1 aliphatic rings. The predicted octanol–water partition coefficient (Wildman–Crippen LogP) is 1.93. The van der Waals surface area contributed by atoms with Gasteiger partial charge in [-0.05, 0) is 25.8 Å². The van der Waals surface area contributed by atoms with E-state index in [1.54, 1.807) is 7.11 Å². The van der Waals surface area contributed by atoms with Gasteiger partial charge in [-0.3, -0.25) is 0 Å². The molecule has 0 saturated carbocycles. The Kier molecular flexibility index (Phi) is 9.41. The molecule has 0 radical (unpaired) electrons. The minimum Gasteiger partial charge on any atom is -0.385 e. The van der Waals surface area contributed by atoms with E-state index in [1.807, 2.05) is 4.90 Å². The number of carbonyl (C=O) groups is 1. The Hall–Kier alpha value is -0.810. The number of hydrogen-bond donors (Lipinski definition) is 1. The number of methoxy groups -OCH3 is 1. The maximum Gasteiger partial charge on any atom is 0.317 e. The van der Waals surface area contributed by atoms with Crippen molar-refractivity contribution in [3.8, 4) is 0 Å². The van der Waals surface area contributed by atoms with Crippen LogP contribution in [0, 0.1) is 0 Å². The molecular formula is C15H31N3O2. The van der Waals surface area contributed by atoms with Gasteiger partial charge in [-0.2, -0.15) is 0 Å². The molecule has 2 amide bonds. The van der Waals surface area contributed by atoms with Crippen molar-refractivity contribution in [2.45, 2.75) is 39.0 Å². The molecule has 1 aliphatic heterocycles. The number of unbranched alkanes of at least 4 members (excludes halogenated alkanes) is 2. The molecule has 0 unspecified atom stereocenters. The van der Waals surface area contributed by atoms with Crippen molar-refractivity contribution in [1.82, 2.24) is 15.1 Å². The zero-order chi connectivity index (χ0) is 14.6. The molecule has 1 rings (SSSR count). The van der Waals surface area contributed by atoms with Crippen LogP contribution in [0.15, 0.2) is 0 Å². The highest BCUT2D eigenvalue weighted by molar-refractivity contribution is 5.74. The Bertz CT molecular complexity index is 262. The lowest BCUT2D eigenvalue weighted by atomic mass is 10.2. The van der Waals surface area contributed by atoms with Gasteiger partial charge in [0.25, 0.3) is 0 Å². The summed E-state index contributed by atoms with van der Waals surface area (Å²) in [6, 6.07) is 0.111. The van der Waals surface area contributed by atoms with E-state index in [4.69, 9.17) is 4.74 Å². The molecule has 0 aromatic carbocycles. The van der Waals surface area contributed by atoms with Crippen LogP contribution in [0.4, 0.5) is 4.79 Å². The predicted molar refractivity (Wildman–Crippen MR) is 82.0 cm³/mol. The molecule has 0 aliphatic carbocycles. The first-order chi connectivity index (χ1) is 9.77. The third-order valence-electron chi connectivity index (χ3n) is 3.76. The van der Waals surface area contributed by atoms with E-state index >= 15 is 0 Å². The van der Waals surface area contributed by atoms with E-state index in [2.05, 4.69) is 17.1 Å². The molecule has 0 aromatic heterocycles. The molecule has 20 heavy (non-hydrogen) atoms. The summed E-state index contributed by atoms with van der Waals surface area (Å²) in [6.45, 7) is 8.65. The van der Waals surface area contributed by atoms with Crippen molar-refractivity contribution < 1.29 is 9.53 Å². The molecule has 5 heteroatoms. The van der Waals surface area contributed by atoms with Gasteiger partial charge in [-0.25, -0.2) is 4.79 Å². The molecule has 1 N–H and O–H groups in total. The summed E-state index contributed by atoms with van der Waals surface area (Å²) >= 11 is 0.